The van der Waals surface area contributed by atoms with E-state index in [1.165, 1.54) is 25.9 Å². The van der Waals surface area contributed by atoms with E-state index in [2.05, 4.69) is 22.6 Å². The summed E-state index contributed by atoms with van der Waals surface area (Å²) in [5.41, 5.74) is 0. The van der Waals surface area contributed by atoms with Crippen molar-refractivity contribution in [1.82, 2.24) is 15.5 Å². The minimum absolute atomic E-state index is 0.729. The Balaban J connectivity index is 1.99. The highest BCUT2D eigenvalue weighted by Crippen LogP contribution is 2.13. The lowest BCUT2D eigenvalue weighted by Crippen LogP contribution is -2.42. The number of rotatable bonds is 7. The first-order valence-electron chi connectivity index (χ1n) is 7.00. The normalized spacial score (nSPS) is 20.7. The van der Waals surface area contributed by atoms with E-state index in [4.69, 9.17) is 17.0 Å². The highest BCUT2D eigenvalue weighted by molar-refractivity contribution is 7.80. The first-order chi connectivity index (χ1) is 8.72. The lowest BCUT2D eigenvalue weighted by atomic mass is 9.99. The van der Waals surface area contributed by atoms with Gasteiger partial charge in [0.15, 0.2) is 5.11 Å². The van der Waals surface area contributed by atoms with E-state index in [0.29, 0.717) is 0 Å². The molecule has 1 aliphatic rings. The van der Waals surface area contributed by atoms with Crippen LogP contribution in [-0.2, 0) is 4.74 Å². The highest BCUT2D eigenvalue weighted by Gasteiger charge is 2.16. The molecule has 5 heteroatoms. The van der Waals surface area contributed by atoms with Gasteiger partial charge in [0.2, 0.25) is 0 Å². The van der Waals surface area contributed by atoms with Gasteiger partial charge in [-0.15, -0.1) is 0 Å². The Kier molecular flexibility index (Phi) is 8.29. The van der Waals surface area contributed by atoms with Crippen molar-refractivity contribution in [3.63, 3.8) is 0 Å². The average Bonchev–Trinajstić information content (AvgIpc) is 2.36. The summed E-state index contributed by atoms with van der Waals surface area (Å²) in [7, 11) is 2.19. The predicted molar refractivity (Wildman–Crippen MR) is 79.9 cm³/mol. The third kappa shape index (κ3) is 7.13. The summed E-state index contributed by atoms with van der Waals surface area (Å²) in [6.07, 6.45) is 3.61. The topological polar surface area (TPSA) is 36.5 Å². The fourth-order valence-electron chi connectivity index (χ4n) is 2.26. The van der Waals surface area contributed by atoms with Gasteiger partial charge in [-0.3, -0.25) is 0 Å². The van der Waals surface area contributed by atoms with Gasteiger partial charge >= 0.3 is 0 Å². The molecule has 18 heavy (non-hydrogen) atoms. The Bertz CT molecular complexity index is 238. The molecule has 0 aromatic carbocycles. The van der Waals surface area contributed by atoms with Gasteiger partial charge in [0.05, 0.1) is 0 Å². The third-order valence-corrected chi connectivity index (χ3v) is 3.52. The smallest absolute Gasteiger partial charge is 0.166 e. The second kappa shape index (κ2) is 9.53. The van der Waals surface area contributed by atoms with Crippen LogP contribution in [0.4, 0.5) is 0 Å². The van der Waals surface area contributed by atoms with Crippen molar-refractivity contribution in [3.8, 4) is 0 Å². The summed E-state index contributed by atoms with van der Waals surface area (Å²) < 4.78 is 5.27. The third-order valence-electron chi connectivity index (χ3n) is 3.23. The Hall–Kier alpha value is -0.390. The number of likely N-dealkylation sites (tertiary alicyclic amines) is 1. The van der Waals surface area contributed by atoms with Gasteiger partial charge in [0.1, 0.15) is 0 Å². The second-order valence-corrected chi connectivity index (χ2v) is 5.37. The summed E-state index contributed by atoms with van der Waals surface area (Å²) in [5.74, 6) is 0.729. The van der Waals surface area contributed by atoms with Gasteiger partial charge in [0.25, 0.3) is 0 Å². The molecule has 106 valence electrons. The molecule has 1 unspecified atom stereocenters. The van der Waals surface area contributed by atoms with E-state index in [9.17, 15) is 0 Å². The molecular formula is C13H27N3OS. The molecule has 1 rings (SSSR count). The zero-order valence-corrected chi connectivity index (χ0v) is 12.5. The summed E-state index contributed by atoms with van der Waals surface area (Å²) >= 11 is 5.25. The molecule has 0 spiro atoms. The fraction of sp³-hybridized carbons (Fsp3) is 0.923. The SMILES string of the molecule is CCOCCCNC(=S)NCC1CCCN(C)C1. The molecule has 0 aromatic rings. The predicted octanol–water partition coefficient (Wildman–Crippen LogP) is 1.22. The van der Waals surface area contributed by atoms with Crippen LogP contribution in [-0.4, -0.2) is 56.5 Å². The first-order valence-corrected chi connectivity index (χ1v) is 7.41. The van der Waals surface area contributed by atoms with Gasteiger partial charge in [0, 0.05) is 32.8 Å². The van der Waals surface area contributed by atoms with E-state index in [-0.39, 0.29) is 0 Å². The maximum absolute atomic E-state index is 5.27. The van der Waals surface area contributed by atoms with Crippen LogP contribution in [0, 0.1) is 5.92 Å². The minimum atomic E-state index is 0.729. The molecular weight excluding hydrogens is 246 g/mol. The van der Waals surface area contributed by atoms with Gasteiger partial charge in [-0.25, -0.2) is 0 Å². The van der Waals surface area contributed by atoms with Crippen molar-refractivity contribution in [1.29, 1.82) is 0 Å². The van der Waals surface area contributed by atoms with Gasteiger partial charge in [-0.2, -0.15) is 0 Å². The molecule has 0 bridgehead atoms. The molecule has 0 amide bonds. The van der Waals surface area contributed by atoms with Crippen LogP contribution in [0.25, 0.3) is 0 Å². The fourth-order valence-corrected chi connectivity index (χ4v) is 2.45. The average molecular weight is 273 g/mol. The quantitative estimate of drug-likeness (QED) is 0.539. The lowest BCUT2D eigenvalue weighted by molar-refractivity contribution is 0.145. The van der Waals surface area contributed by atoms with Gasteiger partial charge < -0.3 is 20.3 Å². The van der Waals surface area contributed by atoms with E-state index >= 15 is 0 Å². The highest BCUT2D eigenvalue weighted by atomic mass is 32.1. The van der Waals surface area contributed by atoms with Crippen molar-refractivity contribution in [2.75, 3.05) is 46.4 Å². The van der Waals surface area contributed by atoms with E-state index in [0.717, 1.165) is 43.8 Å². The summed E-state index contributed by atoms with van der Waals surface area (Å²) in [4.78, 5) is 2.40. The Morgan fingerprint density at radius 1 is 1.44 bits per heavy atom. The van der Waals surface area contributed by atoms with Gasteiger partial charge in [-0.05, 0) is 57.9 Å². The first kappa shape index (κ1) is 15.7. The molecule has 0 aromatic heterocycles. The Labute approximate surface area is 116 Å². The maximum Gasteiger partial charge on any atom is 0.166 e. The largest absolute Gasteiger partial charge is 0.382 e. The monoisotopic (exact) mass is 273 g/mol. The van der Waals surface area contributed by atoms with Crippen molar-refractivity contribution in [3.05, 3.63) is 0 Å². The van der Waals surface area contributed by atoms with Crippen LogP contribution in [0.2, 0.25) is 0 Å². The standard InChI is InChI=1S/C13H27N3OS/c1-3-17-9-5-7-14-13(18)15-10-12-6-4-8-16(2)11-12/h12H,3-11H2,1-2H3,(H2,14,15,18). The zero-order chi connectivity index (χ0) is 13.2. The van der Waals surface area contributed by atoms with Crippen molar-refractivity contribution < 1.29 is 4.74 Å². The number of piperidine rings is 1. The number of thiocarbonyl (C=S) groups is 1. The summed E-state index contributed by atoms with van der Waals surface area (Å²) in [5, 5.41) is 7.31. The molecule has 1 aliphatic heterocycles. The van der Waals surface area contributed by atoms with Crippen molar-refractivity contribution >= 4 is 17.3 Å². The number of nitrogens with one attached hydrogen (secondary N) is 2. The molecule has 0 saturated carbocycles. The maximum atomic E-state index is 5.27. The molecule has 1 heterocycles. The molecule has 2 N–H and O–H groups in total. The van der Waals surface area contributed by atoms with Crippen LogP contribution in [0.1, 0.15) is 26.2 Å². The van der Waals surface area contributed by atoms with Crippen LogP contribution in [0.15, 0.2) is 0 Å². The van der Waals surface area contributed by atoms with Crippen molar-refractivity contribution in [2.45, 2.75) is 26.2 Å². The number of nitrogens with zero attached hydrogens (tertiary/aromatic N) is 1. The van der Waals surface area contributed by atoms with Crippen LogP contribution in [0.5, 0.6) is 0 Å². The molecule has 1 fully saturated rings. The summed E-state index contributed by atoms with van der Waals surface area (Å²) in [6.45, 7) is 7.90. The Morgan fingerprint density at radius 2 is 2.28 bits per heavy atom. The molecule has 4 nitrogen and oxygen atoms in total. The summed E-state index contributed by atoms with van der Waals surface area (Å²) in [6, 6.07) is 0. The van der Waals surface area contributed by atoms with Crippen LogP contribution in [0.3, 0.4) is 0 Å². The zero-order valence-electron chi connectivity index (χ0n) is 11.7. The molecule has 0 aliphatic carbocycles. The van der Waals surface area contributed by atoms with Crippen LogP contribution >= 0.6 is 12.2 Å². The number of hydrogen-bond donors (Lipinski definition) is 2. The number of ether oxygens (including phenoxy) is 1. The lowest BCUT2D eigenvalue weighted by Gasteiger charge is -2.30. The van der Waals surface area contributed by atoms with Crippen LogP contribution < -0.4 is 10.6 Å². The second-order valence-electron chi connectivity index (χ2n) is 4.96. The van der Waals surface area contributed by atoms with Crippen molar-refractivity contribution in [2.24, 2.45) is 5.92 Å². The van der Waals surface area contributed by atoms with E-state index < -0.39 is 0 Å². The van der Waals surface area contributed by atoms with E-state index in [1.54, 1.807) is 0 Å². The van der Waals surface area contributed by atoms with Gasteiger partial charge in [-0.1, -0.05) is 0 Å². The molecule has 1 atom stereocenters. The molecule has 0 radical (unpaired) electrons. The molecule has 1 saturated heterocycles. The Morgan fingerprint density at radius 3 is 3.00 bits per heavy atom. The minimum Gasteiger partial charge on any atom is -0.382 e. The number of hydrogen-bond acceptors (Lipinski definition) is 3. The van der Waals surface area contributed by atoms with E-state index in [1.807, 2.05) is 6.92 Å².